The third kappa shape index (κ3) is 3.57. The molecule has 26 heavy (non-hydrogen) atoms. The monoisotopic (exact) mass is 386 g/mol. The summed E-state index contributed by atoms with van der Waals surface area (Å²) in [5, 5.41) is 4.79. The molecule has 0 spiro atoms. The molecule has 2 heterocycles. The lowest BCUT2D eigenvalue weighted by atomic mass is 10.3. The highest BCUT2D eigenvalue weighted by Crippen LogP contribution is 2.31. The number of pyridine rings is 1. The van der Waals surface area contributed by atoms with Gasteiger partial charge in [0.15, 0.2) is 5.65 Å². The lowest BCUT2D eigenvalue weighted by Gasteiger charge is -2.14. The molecule has 0 aliphatic rings. The summed E-state index contributed by atoms with van der Waals surface area (Å²) in [5.41, 5.74) is 1.28. The van der Waals surface area contributed by atoms with Crippen LogP contribution in [-0.4, -0.2) is 29.5 Å². The Morgan fingerprint density at radius 1 is 1.23 bits per heavy atom. The molecule has 0 bridgehead atoms. The smallest absolute Gasteiger partial charge is 0.404 e. The summed E-state index contributed by atoms with van der Waals surface area (Å²) in [4.78, 5) is 3.48. The number of aromatic nitrogens is 3. The van der Waals surface area contributed by atoms with Gasteiger partial charge in [-0.1, -0.05) is 12.1 Å². The van der Waals surface area contributed by atoms with Gasteiger partial charge in [-0.05, 0) is 25.1 Å². The van der Waals surface area contributed by atoms with Crippen molar-refractivity contribution in [2.75, 3.05) is 4.72 Å². The van der Waals surface area contributed by atoms with Crippen LogP contribution in [0.1, 0.15) is 5.69 Å². The molecule has 0 aliphatic carbocycles. The first-order chi connectivity index (χ1) is 12.1. The number of nitrogens with zero attached hydrogens (tertiary/aromatic N) is 3. The van der Waals surface area contributed by atoms with E-state index >= 15 is 0 Å². The van der Waals surface area contributed by atoms with E-state index in [0.717, 1.165) is 12.1 Å². The van der Waals surface area contributed by atoms with Crippen molar-refractivity contribution in [1.29, 1.82) is 0 Å². The van der Waals surface area contributed by atoms with Crippen molar-refractivity contribution < 1.29 is 26.3 Å². The van der Waals surface area contributed by atoms with E-state index in [0.29, 0.717) is 16.7 Å². The van der Waals surface area contributed by atoms with E-state index in [4.69, 9.17) is 0 Å². The summed E-state index contributed by atoms with van der Waals surface area (Å²) in [6.07, 6.45) is -3.76. The van der Waals surface area contributed by atoms with Crippen molar-refractivity contribution in [2.24, 2.45) is 7.05 Å². The minimum Gasteiger partial charge on any atom is -0.404 e. The highest BCUT2D eigenvalue weighted by molar-refractivity contribution is 7.92. The van der Waals surface area contributed by atoms with Crippen molar-refractivity contribution in [2.45, 2.75) is 18.2 Å². The largest absolute Gasteiger partial charge is 0.573 e. The zero-order valence-corrected chi connectivity index (χ0v) is 14.4. The van der Waals surface area contributed by atoms with Crippen LogP contribution in [0.15, 0.2) is 41.4 Å². The molecule has 3 aromatic rings. The van der Waals surface area contributed by atoms with E-state index in [1.165, 1.54) is 29.1 Å². The molecule has 138 valence electrons. The van der Waals surface area contributed by atoms with E-state index in [1.807, 2.05) is 0 Å². The minimum absolute atomic E-state index is 0.0930. The number of alkyl halides is 3. The summed E-state index contributed by atoms with van der Waals surface area (Å²) < 4.78 is 70.1. The number of rotatable bonds is 4. The van der Waals surface area contributed by atoms with Crippen molar-refractivity contribution in [3.63, 3.8) is 0 Å². The number of para-hydroxylation sites is 1. The summed E-state index contributed by atoms with van der Waals surface area (Å²) >= 11 is 0. The zero-order chi connectivity index (χ0) is 19.1. The van der Waals surface area contributed by atoms with Crippen molar-refractivity contribution in [3.8, 4) is 5.75 Å². The van der Waals surface area contributed by atoms with E-state index in [-0.39, 0.29) is 5.69 Å². The maximum atomic E-state index is 12.5. The number of sulfonamides is 1. The fourth-order valence-electron chi connectivity index (χ4n) is 2.46. The summed E-state index contributed by atoms with van der Waals surface area (Å²) in [5.74, 6) is -0.820. The Morgan fingerprint density at radius 2 is 1.92 bits per heavy atom. The van der Waals surface area contributed by atoms with Crippen molar-refractivity contribution >= 4 is 26.7 Å². The maximum Gasteiger partial charge on any atom is 0.573 e. The fourth-order valence-corrected chi connectivity index (χ4v) is 3.62. The summed E-state index contributed by atoms with van der Waals surface area (Å²) in [7, 11) is -2.64. The number of nitrogens with one attached hydrogen (secondary N) is 1. The number of fused-ring (bicyclic) bond motifs is 1. The van der Waals surface area contributed by atoms with E-state index < -0.39 is 27.0 Å². The molecule has 0 aliphatic heterocycles. The second-order valence-corrected chi connectivity index (χ2v) is 7.06. The predicted molar refractivity (Wildman–Crippen MR) is 87.2 cm³/mol. The topological polar surface area (TPSA) is 86.1 Å². The number of benzene rings is 1. The molecule has 0 amide bonds. The lowest BCUT2D eigenvalue weighted by Crippen LogP contribution is -2.20. The Kier molecular flexibility index (Phi) is 4.26. The predicted octanol–water partition coefficient (Wildman–Crippen LogP) is 2.98. The zero-order valence-electron chi connectivity index (χ0n) is 13.6. The number of aryl methyl sites for hydroxylation is 2. The van der Waals surface area contributed by atoms with Crippen LogP contribution in [-0.2, 0) is 17.1 Å². The average Bonchev–Trinajstić information content (AvgIpc) is 2.80. The van der Waals surface area contributed by atoms with Gasteiger partial charge in [-0.2, -0.15) is 5.10 Å². The van der Waals surface area contributed by atoms with Gasteiger partial charge in [-0.15, -0.1) is 13.2 Å². The van der Waals surface area contributed by atoms with Gasteiger partial charge in [0.25, 0.3) is 10.0 Å². The van der Waals surface area contributed by atoms with Gasteiger partial charge in [-0.25, -0.2) is 13.4 Å². The highest BCUT2D eigenvalue weighted by Gasteiger charge is 2.34. The number of hydrogen-bond donors (Lipinski definition) is 1. The van der Waals surface area contributed by atoms with Gasteiger partial charge in [0.2, 0.25) is 0 Å². The molecular weight excluding hydrogens is 373 g/mol. The van der Waals surface area contributed by atoms with E-state index in [9.17, 15) is 21.6 Å². The molecule has 0 saturated carbocycles. The molecule has 11 heteroatoms. The molecule has 0 fully saturated rings. The Balaban J connectivity index is 1.99. The number of ether oxygens (including phenoxy) is 1. The third-order valence-electron chi connectivity index (χ3n) is 3.48. The SMILES string of the molecule is Cc1nn(C)c2ncc(NS(=O)(=O)c3ccccc3OC(F)(F)F)cc12. The normalized spacial score (nSPS) is 12.3. The molecule has 0 unspecified atom stereocenters. The van der Waals surface area contributed by atoms with E-state index in [1.54, 1.807) is 14.0 Å². The van der Waals surface area contributed by atoms with Crippen molar-refractivity contribution in [1.82, 2.24) is 14.8 Å². The summed E-state index contributed by atoms with van der Waals surface area (Å²) in [6.45, 7) is 1.73. The second kappa shape index (κ2) is 6.16. The molecule has 1 N–H and O–H groups in total. The molecule has 0 radical (unpaired) electrons. The molecule has 7 nitrogen and oxygen atoms in total. The lowest BCUT2D eigenvalue weighted by molar-refractivity contribution is -0.275. The van der Waals surface area contributed by atoms with Crippen LogP contribution in [0.25, 0.3) is 11.0 Å². The maximum absolute atomic E-state index is 12.5. The average molecular weight is 386 g/mol. The minimum atomic E-state index is -5.01. The molecular formula is C15H13F3N4O3S. The van der Waals surface area contributed by atoms with Crippen LogP contribution in [0.4, 0.5) is 18.9 Å². The highest BCUT2D eigenvalue weighted by atomic mass is 32.2. The Labute approximate surface area is 146 Å². The van der Waals surface area contributed by atoms with Crippen LogP contribution in [0.3, 0.4) is 0 Å². The third-order valence-corrected chi connectivity index (χ3v) is 4.90. The van der Waals surface area contributed by atoms with Crippen LogP contribution < -0.4 is 9.46 Å². The van der Waals surface area contributed by atoms with Crippen molar-refractivity contribution in [3.05, 3.63) is 42.2 Å². The summed E-state index contributed by atoms with van der Waals surface area (Å²) in [6, 6.07) is 5.99. The van der Waals surface area contributed by atoms with Crippen LogP contribution >= 0.6 is 0 Å². The van der Waals surface area contributed by atoms with Gasteiger partial charge in [0, 0.05) is 12.4 Å². The number of halogens is 3. The Morgan fingerprint density at radius 3 is 2.62 bits per heavy atom. The van der Waals surface area contributed by atoms with Crippen LogP contribution in [0.2, 0.25) is 0 Å². The van der Waals surface area contributed by atoms with Gasteiger partial charge in [0.1, 0.15) is 10.6 Å². The fraction of sp³-hybridized carbons (Fsp3) is 0.200. The Hall–Kier alpha value is -2.82. The molecule has 0 saturated heterocycles. The number of anilines is 1. The molecule has 3 rings (SSSR count). The van der Waals surface area contributed by atoms with Gasteiger partial charge < -0.3 is 4.74 Å². The van der Waals surface area contributed by atoms with Gasteiger partial charge >= 0.3 is 6.36 Å². The quantitative estimate of drug-likeness (QED) is 0.745. The van der Waals surface area contributed by atoms with Gasteiger partial charge in [0.05, 0.1) is 17.6 Å². The second-order valence-electron chi connectivity index (χ2n) is 5.40. The first kappa shape index (κ1) is 18.0. The van der Waals surface area contributed by atoms with E-state index in [2.05, 4.69) is 19.5 Å². The number of hydrogen-bond acceptors (Lipinski definition) is 5. The molecule has 0 atom stereocenters. The van der Waals surface area contributed by atoms with Crippen LogP contribution in [0.5, 0.6) is 5.75 Å². The molecule has 1 aromatic carbocycles. The Bertz CT molecular complexity index is 1080. The first-order valence-electron chi connectivity index (χ1n) is 7.24. The standard InChI is InChI=1S/C15H13F3N4O3S/c1-9-11-7-10(8-19-14(11)22(2)20-9)21-26(23,24)13-6-4-3-5-12(13)25-15(16,17)18/h3-8,21H,1-2H3. The van der Waals surface area contributed by atoms with Crippen LogP contribution in [0, 0.1) is 6.92 Å². The molecule has 2 aromatic heterocycles. The first-order valence-corrected chi connectivity index (χ1v) is 8.72. The van der Waals surface area contributed by atoms with Gasteiger partial charge in [-0.3, -0.25) is 9.40 Å².